The third-order valence-electron chi connectivity index (χ3n) is 4.21. The van der Waals surface area contributed by atoms with Crippen molar-refractivity contribution in [1.82, 2.24) is 5.32 Å². The summed E-state index contributed by atoms with van der Waals surface area (Å²) in [7, 11) is 0. The fraction of sp³-hybridized carbons (Fsp3) is 0.350. The highest BCUT2D eigenvalue weighted by molar-refractivity contribution is 5.79. The van der Waals surface area contributed by atoms with Crippen molar-refractivity contribution in [3.05, 3.63) is 69.8 Å². The maximum atomic E-state index is 12.2. The molecular weight excluding hydrogens is 270 g/mol. The zero-order valence-electron chi connectivity index (χ0n) is 14.2. The Labute approximate surface area is 133 Å². The predicted molar refractivity (Wildman–Crippen MR) is 92.1 cm³/mol. The average Bonchev–Trinajstić information content (AvgIpc) is 2.45. The summed E-state index contributed by atoms with van der Waals surface area (Å²) in [5, 5.41) is 3.11. The van der Waals surface area contributed by atoms with Gasteiger partial charge in [-0.25, -0.2) is 0 Å². The van der Waals surface area contributed by atoms with E-state index in [1.807, 2.05) is 31.2 Å². The first-order valence-corrected chi connectivity index (χ1v) is 7.79. The minimum atomic E-state index is 0.0252. The molecule has 0 radical (unpaired) electrons. The van der Waals surface area contributed by atoms with Crippen LogP contribution in [0.4, 0.5) is 0 Å². The van der Waals surface area contributed by atoms with Gasteiger partial charge < -0.3 is 5.32 Å². The van der Waals surface area contributed by atoms with Crippen LogP contribution in [0.5, 0.6) is 0 Å². The van der Waals surface area contributed by atoms with Crippen LogP contribution in [0.2, 0.25) is 0 Å². The van der Waals surface area contributed by atoms with Crippen LogP contribution in [0.15, 0.2) is 36.4 Å². The highest BCUT2D eigenvalue weighted by Gasteiger charge is 2.13. The first-order chi connectivity index (χ1) is 10.4. The van der Waals surface area contributed by atoms with Crippen LogP contribution in [0, 0.1) is 27.7 Å². The monoisotopic (exact) mass is 295 g/mol. The molecule has 1 unspecified atom stereocenters. The van der Waals surface area contributed by atoms with Crippen LogP contribution in [0.3, 0.4) is 0 Å². The Hall–Kier alpha value is -2.09. The molecular formula is C20H25NO. The average molecular weight is 295 g/mol. The lowest BCUT2D eigenvalue weighted by Crippen LogP contribution is -2.28. The quantitative estimate of drug-likeness (QED) is 0.893. The Kier molecular flexibility index (Phi) is 5.02. The van der Waals surface area contributed by atoms with Crippen LogP contribution < -0.4 is 5.32 Å². The van der Waals surface area contributed by atoms with Gasteiger partial charge in [-0.15, -0.1) is 0 Å². The van der Waals surface area contributed by atoms with Crippen LogP contribution in [-0.4, -0.2) is 5.91 Å². The van der Waals surface area contributed by atoms with E-state index >= 15 is 0 Å². The summed E-state index contributed by atoms with van der Waals surface area (Å²) in [6.07, 6.45) is 0.425. The van der Waals surface area contributed by atoms with Gasteiger partial charge in [0, 0.05) is 0 Å². The van der Waals surface area contributed by atoms with Gasteiger partial charge in [0.25, 0.3) is 0 Å². The van der Waals surface area contributed by atoms with E-state index in [4.69, 9.17) is 0 Å². The molecule has 0 heterocycles. The summed E-state index contributed by atoms with van der Waals surface area (Å²) < 4.78 is 0. The third-order valence-corrected chi connectivity index (χ3v) is 4.21. The maximum absolute atomic E-state index is 12.2. The lowest BCUT2D eigenvalue weighted by molar-refractivity contribution is -0.121. The molecule has 0 aliphatic carbocycles. The molecule has 0 aliphatic rings. The Morgan fingerprint density at radius 2 is 1.55 bits per heavy atom. The van der Waals surface area contributed by atoms with Gasteiger partial charge in [-0.1, -0.05) is 42.0 Å². The number of hydrogen-bond acceptors (Lipinski definition) is 1. The van der Waals surface area contributed by atoms with Crippen molar-refractivity contribution in [3.63, 3.8) is 0 Å². The van der Waals surface area contributed by atoms with Gasteiger partial charge in [-0.2, -0.15) is 0 Å². The van der Waals surface area contributed by atoms with Crippen molar-refractivity contribution in [3.8, 4) is 0 Å². The summed E-state index contributed by atoms with van der Waals surface area (Å²) in [5.74, 6) is 0.0639. The second-order valence-electron chi connectivity index (χ2n) is 6.24. The fourth-order valence-electron chi connectivity index (χ4n) is 2.71. The summed E-state index contributed by atoms with van der Waals surface area (Å²) >= 11 is 0. The Balaban J connectivity index is 2.05. The van der Waals surface area contributed by atoms with E-state index in [0.717, 1.165) is 5.56 Å². The van der Waals surface area contributed by atoms with Gasteiger partial charge in [0.15, 0.2) is 0 Å². The zero-order chi connectivity index (χ0) is 16.3. The SMILES string of the molecule is Cc1ccc(CC(=O)NC(C)c2cc(C)c(C)cc2C)cc1. The minimum absolute atomic E-state index is 0.0252. The molecule has 0 saturated carbocycles. The summed E-state index contributed by atoms with van der Waals surface area (Å²) in [4.78, 5) is 12.2. The molecule has 0 spiro atoms. The molecule has 116 valence electrons. The Morgan fingerprint density at radius 1 is 0.955 bits per heavy atom. The number of carbonyl (C=O) groups is 1. The summed E-state index contributed by atoms with van der Waals surface area (Å²) in [6, 6.07) is 12.5. The third kappa shape index (κ3) is 3.97. The molecule has 1 amide bonds. The topological polar surface area (TPSA) is 29.1 Å². The molecule has 1 atom stereocenters. The molecule has 0 saturated heterocycles. The maximum Gasteiger partial charge on any atom is 0.224 e. The van der Waals surface area contributed by atoms with Gasteiger partial charge in [0.05, 0.1) is 12.5 Å². The standard InChI is InChI=1S/C20H25NO/c1-13-6-8-18(9-7-13)12-20(22)21-17(5)19-11-15(3)14(2)10-16(19)4/h6-11,17H,12H2,1-5H3,(H,21,22). The van der Waals surface area contributed by atoms with Gasteiger partial charge in [-0.05, 0) is 62.4 Å². The van der Waals surface area contributed by atoms with E-state index in [9.17, 15) is 4.79 Å². The lowest BCUT2D eigenvalue weighted by Gasteiger charge is -2.18. The Morgan fingerprint density at radius 3 is 2.18 bits per heavy atom. The first-order valence-electron chi connectivity index (χ1n) is 7.79. The molecule has 0 fully saturated rings. The Bertz CT molecular complexity index is 671. The number of rotatable bonds is 4. The van der Waals surface area contributed by atoms with E-state index in [2.05, 4.69) is 45.1 Å². The van der Waals surface area contributed by atoms with Crippen molar-refractivity contribution in [2.24, 2.45) is 0 Å². The van der Waals surface area contributed by atoms with Crippen LogP contribution in [-0.2, 0) is 11.2 Å². The number of aryl methyl sites for hydroxylation is 4. The molecule has 2 rings (SSSR count). The molecule has 0 aromatic heterocycles. The van der Waals surface area contributed by atoms with Gasteiger partial charge in [0.1, 0.15) is 0 Å². The van der Waals surface area contributed by atoms with Crippen molar-refractivity contribution in [2.75, 3.05) is 0 Å². The minimum Gasteiger partial charge on any atom is -0.349 e. The summed E-state index contributed by atoms with van der Waals surface area (Å²) in [6.45, 7) is 10.4. The smallest absolute Gasteiger partial charge is 0.224 e. The molecule has 2 aromatic carbocycles. The number of benzene rings is 2. The van der Waals surface area contributed by atoms with Crippen LogP contribution in [0.25, 0.3) is 0 Å². The number of carbonyl (C=O) groups excluding carboxylic acids is 1. The van der Waals surface area contributed by atoms with E-state index in [0.29, 0.717) is 6.42 Å². The van der Waals surface area contributed by atoms with E-state index in [-0.39, 0.29) is 11.9 Å². The van der Waals surface area contributed by atoms with Crippen molar-refractivity contribution >= 4 is 5.91 Å². The molecule has 2 heteroatoms. The van der Waals surface area contributed by atoms with Crippen molar-refractivity contribution < 1.29 is 4.79 Å². The second-order valence-corrected chi connectivity index (χ2v) is 6.24. The largest absolute Gasteiger partial charge is 0.349 e. The van der Waals surface area contributed by atoms with E-state index in [1.54, 1.807) is 0 Å². The molecule has 1 N–H and O–H groups in total. The number of nitrogens with one attached hydrogen (secondary N) is 1. The number of amides is 1. The number of hydrogen-bond donors (Lipinski definition) is 1. The van der Waals surface area contributed by atoms with Crippen LogP contribution >= 0.6 is 0 Å². The molecule has 22 heavy (non-hydrogen) atoms. The summed E-state index contributed by atoms with van der Waals surface area (Å²) in [5.41, 5.74) is 7.24. The fourth-order valence-corrected chi connectivity index (χ4v) is 2.71. The van der Waals surface area contributed by atoms with Crippen molar-refractivity contribution in [1.29, 1.82) is 0 Å². The van der Waals surface area contributed by atoms with Gasteiger partial charge >= 0.3 is 0 Å². The lowest BCUT2D eigenvalue weighted by atomic mass is 9.96. The first kappa shape index (κ1) is 16.3. The van der Waals surface area contributed by atoms with E-state index in [1.165, 1.54) is 27.8 Å². The molecule has 2 nitrogen and oxygen atoms in total. The van der Waals surface area contributed by atoms with Gasteiger partial charge in [-0.3, -0.25) is 4.79 Å². The van der Waals surface area contributed by atoms with Gasteiger partial charge in [0.2, 0.25) is 5.91 Å². The molecule has 2 aromatic rings. The normalized spacial score (nSPS) is 12.0. The molecule has 0 aliphatic heterocycles. The highest BCUT2D eigenvalue weighted by Crippen LogP contribution is 2.21. The zero-order valence-corrected chi connectivity index (χ0v) is 14.2. The predicted octanol–water partition coefficient (Wildman–Crippen LogP) is 4.34. The van der Waals surface area contributed by atoms with Crippen molar-refractivity contribution in [2.45, 2.75) is 47.1 Å². The second kappa shape index (κ2) is 6.78. The van der Waals surface area contributed by atoms with Crippen LogP contribution in [0.1, 0.15) is 46.3 Å². The molecule has 0 bridgehead atoms. The highest BCUT2D eigenvalue weighted by atomic mass is 16.1. The van der Waals surface area contributed by atoms with E-state index < -0.39 is 0 Å².